The highest BCUT2D eigenvalue weighted by Crippen LogP contribution is 2.29. The van der Waals surface area contributed by atoms with Crippen LogP contribution in [0.1, 0.15) is 39.2 Å². The Labute approximate surface area is 117 Å². The second-order valence-corrected chi connectivity index (χ2v) is 6.49. The first-order chi connectivity index (χ1) is 8.84. The molecular formula is C17H27NO. The Morgan fingerprint density at radius 2 is 1.84 bits per heavy atom. The summed E-state index contributed by atoms with van der Waals surface area (Å²) in [5.74, 6) is 0.152. The van der Waals surface area contributed by atoms with Gasteiger partial charge < -0.3 is 9.69 Å². The van der Waals surface area contributed by atoms with Crippen molar-refractivity contribution in [2.24, 2.45) is 11.3 Å². The second-order valence-electron chi connectivity index (χ2n) is 6.49. The summed E-state index contributed by atoms with van der Waals surface area (Å²) in [7, 11) is 2.13. The Kier molecular flexibility index (Phi) is 5.59. The highest BCUT2D eigenvalue weighted by molar-refractivity contribution is 5.52. The maximum atomic E-state index is 10.8. The molecule has 2 heteroatoms. The maximum absolute atomic E-state index is 10.8. The van der Waals surface area contributed by atoms with Crippen LogP contribution in [-0.4, -0.2) is 19.9 Å². The molecule has 0 aliphatic rings. The van der Waals surface area contributed by atoms with Crippen LogP contribution in [-0.2, 0) is 4.79 Å². The summed E-state index contributed by atoms with van der Waals surface area (Å²) in [5, 5.41) is 0. The Bertz CT molecular complexity index is 394. The van der Waals surface area contributed by atoms with E-state index in [2.05, 4.69) is 57.0 Å². The average molecular weight is 261 g/mol. The molecule has 0 aliphatic heterocycles. The summed E-state index contributed by atoms with van der Waals surface area (Å²) in [6.45, 7) is 9.61. The molecule has 1 unspecified atom stereocenters. The van der Waals surface area contributed by atoms with Gasteiger partial charge in [0.2, 0.25) is 0 Å². The number of benzene rings is 1. The van der Waals surface area contributed by atoms with Gasteiger partial charge in [0, 0.05) is 25.2 Å². The van der Waals surface area contributed by atoms with Gasteiger partial charge in [-0.3, -0.25) is 0 Å². The first-order valence-electron chi connectivity index (χ1n) is 7.07. The van der Waals surface area contributed by atoms with Crippen LogP contribution in [0, 0.1) is 18.3 Å². The molecule has 1 atom stereocenters. The molecule has 0 saturated carbocycles. The van der Waals surface area contributed by atoms with Crippen molar-refractivity contribution in [2.75, 3.05) is 18.5 Å². The first kappa shape index (κ1) is 15.7. The predicted molar refractivity (Wildman–Crippen MR) is 82.7 cm³/mol. The van der Waals surface area contributed by atoms with Crippen LogP contribution >= 0.6 is 0 Å². The van der Waals surface area contributed by atoms with Gasteiger partial charge in [-0.05, 0) is 37.3 Å². The van der Waals surface area contributed by atoms with Gasteiger partial charge in [0.15, 0.2) is 0 Å². The summed E-state index contributed by atoms with van der Waals surface area (Å²) >= 11 is 0. The molecule has 0 N–H and O–H groups in total. The fraction of sp³-hybridized carbons (Fsp3) is 0.588. The van der Waals surface area contributed by atoms with Crippen LogP contribution in [0.2, 0.25) is 0 Å². The van der Waals surface area contributed by atoms with E-state index in [-0.39, 0.29) is 11.3 Å². The monoisotopic (exact) mass is 261 g/mol. The molecule has 0 heterocycles. The molecule has 0 amide bonds. The number of rotatable bonds is 7. The van der Waals surface area contributed by atoms with E-state index in [1.807, 2.05) is 6.92 Å². The van der Waals surface area contributed by atoms with Crippen molar-refractivity contribution in [3.8, 4) is 0 Å². The van der Waals surface area contributed by atoms with E-state index in [9.17, 15) is 4.79 Å². The SMILES string of the molecule is Cc1ccc(N(C)CCC(C)(C)CC(C)C=O)cc1. The van der Waals surface area contributed by atoms with Gasteiger partial charge in [-0.2, -0.15) is 0 Å². The summed E-state index contributed by atoms with van der Waals surface area (Å²) in [5.41, 5.74) is 2.75. The van der Waals surface area contributed by atoms with Crippen LogP contribution in [0.5, 0.6) is 0 Å². The molecule has 0 saturated heterocycles. The standard InChI is InChI=1S/C17H27NO/c1-14-6-8-16(9-7-14)18(5)11-10-17(3,4)12-15(2)13-19/h6-9,13,15H,10-12H2,1-5H3. The number of carbonyl (C=O) groups is 1. The third-order valence-electron chi connectivity index (χ3n) is 3.71. The van der Waals surface area contributed by atoms with Crippen molar-refractivity contribution < 1.29 is 4.79 Å². The smallest absolute Gasteiger partial charge is 0.122 e. The van der Waals surface area contributed by atoms with Gasteiger partial charge in [-0.25, -0.2) is 0 Å². The minimum atomic E-state index is 0.152. The van der Waals surface area contributed by atoms with Gasteiger partial charge in [-0.15, -0.1) is 0 Å². The molecule has 0 spiro atoms. The van der Waals surface area contributed by atoms with Gasteiger partial charge in [0.05, 0.1) is 0 Å². The van der Waals surface area contributed by atoms with Crippen LogP contribution in [0.15, 0.2) is 24.3 Å². The normalized spacial score (nSPS) is 13.1. The number of aldehydes is 1. The first-order valence-corrected chi connectivity index (χ1v) is 7.07. The fourth-order valence-electron chi connectivity index (χ4n) is 2.42. The Hall–Kier alpha value is -1.31. The summed E-state index contributed by atoms with van der Waals surface area (Å²) in [4.78, 5) is 13.0. The van der Waals surface area contributed by atoms with Crippen molar-refractivity contribution in [1.82, 2.24) is 0 Å². The topological polar surface area (TPSA) is 20.3 Å². The lowest BCUT2D eigenvalue weighted by atomic mass is 9.81. The van der Waals surface area contributed by atoms with Gasteiger partial charge in [0.1, 0.15) is 6.29 Å². The Morgan fingerprint density at radius 3 is 2.37 bits per heavy atom. The number of aryl methyl sites for hydroxylation is 1. The van der Waals surface area contributed by atoms with E-state index in [1.165, 1.54) is 11.3 Å². The molecule has 0 aliphatic carbocycles. The summed E-state index contributed by atoms with van der Waals surface area (Å²) in [6, 6.07) is 8.61. The molecule has 0 fully saturated rings. The molecular weight excluding hydrogens is 234 g/mol. The minimum absolute atomic E-state index is 0.152. The third-order valence-corrected chi connectivity index (χ3v) is 3.71. The molecule has 19 heavy (non-hydrogen) atoms. The fourth-order valence-corrected chi connectivity index (χ4v) is 2.42. The third kappa shape index (κ3) is 5.46. The molecule has 0 radical (unpaired) electrons. The lowest BCUT2D eigenvalue weighted by Crippen LogP contribution is -2.26. The van der Waals surface area contributed by atoms with Gasteiger partial charge in [0.25, 0.3) is 0 Å². The molecule has 1 aromatic rings. The van der Waals surface area contributed by atoms with E-state index in [4.69, 9.17) is 0 Å². The zero-order valence-electron chi connectivity index (χ0n) is 12.9. The van der Waals surface area contributed by atoms with Crippen molar-refractivity contribution in [1.29, 1.82) is 0 Å². The Balaban J connectivity index is 2.51. The summed E-state index contributed by atoms with van der Waals surface area (Å²) < 4.78 is 0. The summed E-state index contributed by atoms with van der Waals surface area (Å²) in [6.07, 6.45) is 3.11. The number of carbonyl (C=O) groups excluding carboxylic acids is 1. The lowest BCUT2D eigenvalue weighted by Gasteiger charge is -2.29. The van der Waals surface area contributed by atoms with Gasteiger partial charge >= 0.3 is 0 Å². The van der Waals surface area contributed by atoms with E-state index < -0.39 is 0 Å². The highest BCUT2D eigenvalue weighted by Gasteiger charge is 2.21. The average Bonchev–Trinajstić information content (AvgIpc) is 2.36. The largest absolute Gasteiger partial charge is 0.375 e. The van der Waals surface area contributed by atoms with Gasteiger partial charge in [-0.1, -0.05) is 38.5 Å². The van der Waals surface area contributed by atoms with E-state index in [0.29, 0.717) is 0 Å². The minimum Gasteiger partial charge on any atom is -0.375 e. The van der Waals surface area contributed by atoms with E-state index >= 15 is 0 Å². The molecule has 106 valence electrons. The van der Waals surface area contributed by atoms with Crippen molar-refractivity contribution in [2.45, 2.75) is 40.5 Å². The van der Waals surface area contributed by atoms with Crippen molar-refractivity contribution in [3.63, 3.8) is 0 Å². The zero-order valence-corrected chi connectivity index (χ0v) is 12.9. The molecule has 1 aromatic carbocycles. The second kappa shape index (κ2) is 6.74. The number of anilines is 1. The molecule has 0 aromatic heterocycles. The van der Waals surface area contributed by atoms with Crippen molar-refractivity contribution >= 4 is 12.0 Å². The maximum Gasteiger partial charge on any atom is 0.122 e. The number of nitrogens with zero attached hydrogens (tertiary/aromatic N) is 1. The van der Waals surface area contributed by atoms with E-state index in [1.54, 1.807) is 0 Å². The Morgan fingerprint density at radius 1 is 1.26 bits per heavy atom. The molecule has 2 nitrogen and oxygen atoms in total. The quantitative estimate of drug-likeness (QED) is 0.689. The van der Waals surface area contributed by atoms with Crippen molar-refractivity contribution in [3.05, 3.63) is 29.8 Å². The highest BCUT2D eigenvalue weighted by atomic mass is 16.1. The van der Waals surface area contributed by atoms with Crippen LogP contribution in [0.4, 0.5) is 5.69 Å². The van der Waals surface area contributed by atoms with Crippen LogP contribution in [0.25, 0.3) is 0 Å². The molecule has 0 bridgehead atoms. The zero-order chi connectivity index (χ0) is 14.5. The van der Waals surface area contributed by atoms with Crippen LogP contribution < -0.4 is 4.90 Å². The molecule has 1 rings (SSSR count). The van der Waals surface area contributed by atoms with E-state index in [0.717, 1.165) is 25.7 Å². The lowest BCUT2D eigenvalue weighted by molar-refractivity contribution is -0.111. The number of hydrogen-bond donors (Lipinski definition) is 0. The number of hydrogen-bond acceptors (Lipinski definition) is 2. The van der Waals surface area contributed by atoms with Crippen LogP contribution in [0.3, 0.4) is 0 Å². The predicted octanol–water partition coefficient (Wildman–Crippen LogP) is 4.07.